The molecule has 0 unspecified atom stereocenters. The minimum Gasteiger partial charge on any atom is -0.472 e. The molecule has 1 heterocycles. The third-order valence-corrected chi connectivity index (χ3v) is 4.28. The van der Waals surface area contributed by atoms with Crippen LogP contribution in [0.2, 0.25) is 10.0 Å². The summed E-state index contributed by atoms with van der Waals surface area (Å²) in [6.07, 6.45) is 1.51. The van der Waals surface area contributed by atoms with Gasteiger partial charge in [-0.25, -0.2) is 4.68 Å². The monoisotopic (exact) mass is 374 g/mol. The second-order valence-corrected chi connectivity index (χ2v) is 6.25. The Morgan fingerprint density at radius 1 is 1.12 bits per heavy atom. The smallest absolute Gasteiger partial charge is 0.223 e. The van der Waals surface area contributed by atoms with E-state index in [1.54, 1.807) is 22.9 Å². The number of aryl methyl sites for hydroxylation is 1. The number of aromatic nitrogens is 2. The molecule has 128 valence electrons. The zero-order valence-electron chi connectivity index (χ0n) is 13.6. The molecule has 0 N–H and O–H groups in total. The van der Waals surface area contributed by atoms with E-state index >= 15 is 0 Å². The van der Waals surface area contributed by atoms with E-state index < -0.39 is 0 Å². The third-order valence-electron chi connectivity index (χ3n) is 3.73. The van der Waals surface area contributed by atoms with Gasteiger partial charge in [-0.05, 0) is 30.7 Å². The van der Waals surface area contributed by atoms with Crippen LogP contribution in [0.4, 0.5) is 0 Å². The maximum Gasteiger partial charge on any atom is 0.223 e. The number of halogens is 2. The van der Waals surface area contributed by atoms with E-state index in [0.717, 1.165) is 5.56 Å². The van der Waals surface area contributed by atoms with E-state index in [2.05, 4.69) is 5.10 Å². The minimum atomic E-state index is -0.246. The molecule has 0 bridgehead atoms. The van der Waals surface area contributed by atoms with Crippen LogP contribution < -0.4 is 4.74 Å². The zero-order valence-corrected chi connectivity index (χ0v) is 15.1. The van der Waals surface area contributed by atoms with Crippen LogP contribution in [0.1, 0.15) is 28.4 Å². The number of hydrogen-bond acceptors (Lipinski definition) is 3. The number of hydrogen-bond donors (Lipinski definition) is 0. The van der Waals surface area contributed by atoms with Crippen LogP contribution in [-0.4, -0.2) is 15.6 Å². The molecule has 6 heteroatoms. The van der Waals surface area contributed by atoms with Crippen molar-refractivity contribution in [3.05, 3.63) is 81.5 Å². The molecule has 0 saturated heterocycles. The fraction of sp³-hybridized carbons (Fsp3) is 0.158. The highest BCUT2D eigenvalue weighted by molar-refractivity contribution is 6.37. The van der Waals surface area contributed by atoms with Crippen molar-refractivity contribution in [1.29, 1.82) is 0 Å². The highest BCUT2D eigenvalue weighted by Gasteiger charge is 2.22. The standard InChI is InChI=1S/C19H16Cl2N2O2/c1-2-23-19(25-12-13-6-4-3-5-7-13)16(11-22-23)18(24)15-9-8-14(20)10-17(15)21/h3-11H,2,12H2,1H3. The second kappa shape index (κ2) is 7.72. The summed E-state index contributed by atoms with van der Waals surface area (Å²) < 4.78 is 7.55. The van der Waals surface area contributed by atoms with Crippen molar-refractivity contribution in [2.45, 2.75) is 20.1 Å². The molecular formula is C19H16Cl2N2O2. The lowest BCUT2D eigenvalue weighted by Crippen LogP contribution is -2.08. The van der Waals surface area contributed by atoms with E-state index in [9.17, 15) is 4.79 Å². The van der Waals surface area contributed by atoms with Crippen molar-refractivity contribution >= 4 is 29.0 Å². The van der Waals surface area contributed by atoms with E-state index in [1.165, 1.54) is 6.20 Å². The first-order chi connectivity index (χ1) is 12.1. The molecule has 0 radical (unpaired) electrons. The highest BCUT2D eigenvalue weighted by atomic mass is 35.5. The average molecular weight is 375 g/mol. The summed E-state index contributed by atoms with van der Waals surface area (Å²) in [7, 11) is 0. The minimum absolute atomic E-state index is 0.246. The summed E-state index contributed by atoms with van der Waals surface area (Å²) in [6.45, 7) is 2.87. The first kappa shape index (κ1) is 17.5. The van der Waals surface area contributed by atoms with Crippen LogP contribution in [0.3, 0.4) is 0 Å². The van der Waals surface area contributed by atoms with Crippen molar-refractivity contribution < 1.29 is 9.53 Å². The SMILES string of the molecule is CCn1ncc(C(=O)c2ccc(Cl)cc2Cl)c1OCc1ccccc1. The number of carbonyl (C=O) groups is 1. The molecule has 0 spiro atoms. The van der Waals surface area contributed by atoms with E-state index in [0.29, 0.717) is 40.2 Å². The number of benzene rings is 2. The van der Waals surface area contributed by atoms with Gasteiger partial charge in [-0.15, -0.1) is 0 Å². The zero-order chi connectivity index (χ0) is 17.8. The molecule has 3 aromatic rings. The van der Waals surface area contributed by atoms with Crippen LogP contribution in [0.25, 0.3) is 0 Å². The van der Waals surface area contributed by atoms with Gasteiger partial charge in [-0.2, -0.15) is 5.10 Å². The Morgan fingerprint density at radius 3 is 2.56 bits per heavy atom. The van der Waals surface area contributed by atoms with Gasteiger partial charge in [0.2, 0.25) is 11.7 Å². The van der Waals surface area contributed by atoms with Gasteiger partial charge in [0.1, 0.15) is 12.2 Å². The molecule has 0 atom stereocenters. The maximum atomic E-state index is 12.9. The first-order valence-electron chi connectivity index (χ1n) is 7.82. The Kier molecular flexibility index (Phi) is 5.41. The van der Waals surface area contributed by atoms with Crippen LogP contribution in [0.5, 0.6) is 5.88 Å². The number of nitrogens with zero attached hydrogens (tertiary/aromatic N) is 2. The average Bonchev–Trinajstić information content (AvgIpc) is 3.03. The first-order valence-corrected chi connectivity index (χ1v) is 8.58. The van der Waals surface area contributed by atoms with Gasteiger partial charge in [0, 0.05) is 17.1 Å². The predicted octanol–water partition coefficient (Wildman–Crippen LogP) is 5.02. The topological polar surface area (TPSA) is 44.1 Å². The van der Waals surface area contributed by atoms with Gasteiger partial charge >= 0.3 is 0 Å². The maximum absolute atomic E-state index is 12.9. The second-order valence-electron chi connectivity index (χ2n) is 5.41. The van der Waals surface area contributed by atoms with Crippen molar-refractivity contribution in [2.75, 3.05) is 0 Å². The molecule has 0 aliphatic rings. The number of ether oxygens (including phenoxy) is 1. The summed E-state index contributed by atoms with van der Waals surface area (Å²) >= 11 is 12.1. The lowest BCUT2D eigenvalue weighted by Gasteiger charge is -2.10. The highest BCUT2D eigenvalue weighted by Crippen LogP contribution is 2.28. The Morgan fingerprint density at radius 2 is 1.88 bits per heavy atom. The normalized spacial score (nSPS) is 10.7. The predicted molar refractivity (Wildman–Crippen MR) is 98.6 cm³/mol. The van der Waals surface area contributed by atoms with Crippen LogP contribution in [0.15, 0.2) is 54.7 Å². The summed E-state index contributed by atoms with van der Waals surface area (Å²) in [5.41, 5.74) is 1.75. The van der Waals surface area contributed by atoms with Crippen molar-refractivity contribution in [2.24, 2.45) is 0 Å². The largest absolute Gasteiger partial charge is 0.472 e. The van der Waals surface area contributed by atoms with Gasteiger partial charge in [-0.3, -0.25) is 4.79 Å². The number of rotatable bonds is 6. The van der Waals surface area contributed by atoms with Gasteiger partial charge in [0.25, 0.3) is 0 Å². The fourth-order valence-electron chi connectivity index (χ4n) is 2.45. The summed E-state index contributed by atoms with van der Waals surface area (Å²) in [5, 5.41) is 5.02. The van der Waals surface area contributed by atoms with Gasteiger partial charge in [0.15, 0.2) is 0 Å². The Bertz CT molecular complexity index is 892. The van der Waals surface area contributed by atoms with Crippen LogP contribution in [-0.2, 0) is 13.2 Å². The van der Waals surface area contributed by atoms with E-state index in [-0.39, 0.29) is 5.78 Å². The number of ketones is 1. The Labute approximate surface area is 155 Å². The molecule has 2 aromatic carbocycles. The van der Waals surface area contributed by atoms with Crippen LogP contribution >= 0.6 is 23.2 Å². The Hall–Kier alpha value is -2.30. The molecule has 4 nitrogen and oxygen atoms in total. The quantitative estimate of drug-likeness (QED) is 0.569. The summed E-state index contributed by atoms with van der Waals surface area (Å²) in [6, 6.07) is 14.5. The molecule has 0 amide bonds. The van der Waals surface area contributed by atoms with Gasteiger partial charge in [-0.1, -0.05) is 53.5 Å². The molecule has 3 rings (SSSR count). The van der Waals surface area contributed by atoms with Crippen LogP contribution in [0, 0.1) is 0 Å². The molecule has 0 fully saturated rings. The lowest BCUT2D eigenvalue weighted by atomic mass is 10.1. The lowest BCUT2D eigenvalue weighted by molar-refractivity contribution is 0.103. The molecule has 1 aromatic heterocycles. The Balaban J connectivity index is 1.91. The summed E-state index contributed by atoms with van der Waals surface area (Å²) in [5.74, 6) is 0.187. The molecule has 0 aliphatic carbocycles. The van der Waals surface area contributed by atoms with Gasteiger partial charge in [0.05, 0.1) is 11.2 Å². The number of carbonyl (C=O) groups excluding carboxylic acids is 1. The third kappa shape index (κ3) is 3.86. The van der Waals surface area contributed by atoms with Crippen molar-refractivity contribution in [1.82, 2.24) is 9.78 Å². The molecule has 25 heavy (non-hydrogen) atoms. The molecule has 0 saturated carbocycles. The summed E-state index contributed by atoms with van der Waals surface area (Å²) in [4.78, 5) is 12.9. The fourth-order valence-corrected chi connectivity index (χ4v) is 2.95. The van der Waals surface area contributed by atoms with E-state index in [4.69, 9.17) is 27.9 Å². The van der Waals surface area contributed by atoms with Crippen molar-refractivity contribution in [3.8, 4) is 5.88 Å². The van der Waals surface area contributed by atoms with Crippen molar-refractivity contribution in [3.63, 3.8) is 0 Å². The molecule has 0 aliphatic heterocycles. The molecular weight excluding hydrogens is 359 g/mol. The van der Waals surface area contributed by atoms with E-state index in [1.807, 2.05) is 37.3 Å². The van der Waals surface area contributed by atoms with Gasteiger partial charge < -0.3 is 4.74 Å².